The topological polar surface area (TPSA) is 86.8 Å². The van der Waals surface area contributed by atoms with Crippen molar-refractivity contribution in [3.63, 3.8) is 0 Å². The average Bonchev–Trinajstić information content (AvgIpc) is 2.98. The molecular weight excluding hydrogens is 548 g/mol. The predicted octanol–water partition coefficient (Wildman–Crippen LogP) is 5.42. The number of halogens is 2. The molecule has 10 heteroatoms. The van der Waals surface area contributed by atoms with Crippen molar-refractivity contribution < 1.29 is 26.8 Å². The number of sulfonamides is 1. The van der Waals surface area contributed by atoms with Crippen LogP contribution in [0.3, 0.4) is 0 Å². The molecule has 41 heavy (non-hydrogen) atoms. The Labute approximate surface area is 240 Å². The zero-order chi connectivity index (χ0) is 29.4. The molecule has 0 spiro atoms. The quantitative estimate of drug-likeness (QED) is 0.327. The molecule has 0 aromatic heterocycles. The van der Waals surface area contributed by atoms with Crippen LogP contribution in [0, 0.1) is 11.6 Å². The fourth-order valence-electron chi connectivity index (χ4n) is 5.14. The number of amides is 2. The fourth-order valence-corrected chi connectivity index (χ4v) is 6.58. The highest BCUT2D eigenvalue weighted by Gasteiger charge is 2.35. The van der Waals surface area contributed by atoms with E-state index in [9.17, 15) is 22.4 Å². The Morgan fingerprint density at radius 2 is 1.54 bits per heavy atom. The van der Waals surface area contributed by atoms with Crippen molar-refractivity contribution in [2.24, 2.45) is 0 Å². The van der Waals surface area contributed by atoms with E-state index in [4.69, 9.17) is 0 Å². The molecule has 3 aromatic carbocycles. The van der Waals surface area contributed by atoms with Crippen LogP contribution in [0.15, 0.2) is 83.8 Å². The van der Waals surface area contributed by atoms with Crippen molar-refractivity contribution in [2.75, 3.05) is 10.8 Å². The van der Waals surface area contributed by atoms with Gasteiger partial charge in [0.2, 0.25) is 11.8 Å². The van der Waals surface area contributed by atoms with Crippen LogP contribution >= 0.6 is 0 Å². The lowest BCUT2D eigenvalue weighted by Crippen LogP contribution is -2.54. The largest absolute Gasteiger partial charge is 0.352 e. The summed E-state index contributed by atoms with van der Waals surface area (Å²) in [5.74, 6) is -2.29. The SMILES string of the molecule is CC[C@@H](C(=O)NC1CCCCC1)N(Cc1ccc(F)cc1)C(=O)CN(c1ccccc1F)S(=O)(=O)c1ccccc1. The van der Waals surface area contributed by atoms with Gasteiger partial charge in [0.05, 0.1) is 10.6 Å². The van der Waals surface area contributed by atoms with Crippen molar-refractivity contribution in [2.45, 2.75) is 69.0 Å². The Balaban J connectivity index is 1.70. The second kappa shape index (κ2) is 13.7. The van der Waals surface area contributed by atoms with Gasteiger partial charge < -0.3 is 10.2 Å². The fraction of sp³-hybridized carbons (Fsp3) is 0.355. The molecule has 0 unspecified atom stereocenters. The summed E-state index contributed by atoms with van der Waals surface area (Å²) in [6.45, 7) is 0.962. The van der Waals surface area contributed by atoms with Gasteiger partial charge in [-0.1, -0.05) is 68.7 Å². The normalized spacial score (nSPS) is 14.7. The molecule has 3 aromatic rings. The molecule has 2 amide bonds. The third-order valence-corrected chi connectivity index (χ3v) is 9.11. The zero-order valence-corrected chi connectivity index (χ0v) is 23.8. The number of para-hydroxylation sites is 1. The first-order valence-corrected chi connectivity index (χ1v) is 15.3. The van der Waals surface area contributed by atoms with Gasteiger partial charge in [-0.3, -0.25) is 13.9 Å². The number of rotatable bonds is 11. The molecule has 0 saturated heterocycles. The molecule has 7 nitrogen and oxygen atoms in total. The minimum absolute atomic E-state index is 0.00134. The molecule has 1 aliphatic rings. The molecule has 218 valence electrons. The van der Waals surface area contributed by atoms with Crippen molar-refractivity contribution in [1.29, 1.82) is 0 Å². The van der Waals surface area contributed by atoms with E-state index in [0.29, 0.717) is 5.56 Å². The summed E-state index contributed by atoms with van der Waals surface area (Å²) in [4.78, 5) is 28.7. The van der Waals surface area contributed by atoms with Gasteiger partial charge in [0.25, 0.3) is 10.0 Å². The summed E-state index contributed by atoms with van der Waals surface area (Å²) in [5, 5.41) is 3.07. The number of carbonyl (C=O) groups excluding carboxylic acids is 2. The van der Waals surface area contributed by atoms with Gasteiger partial charge in [0.15, 0.2) is 0 Å². The number of carbonyl (C=O) groups is 2. The van der Waals surface area contributed by atoms with Gasteiger partial charge in [0, 0.05) is 12.6 Å². The van der Waals surface area contributed by atoms with Crippen molar-refractivity contribution >= 4 is 27.5 Å². The van der Waals surface area contributed by atoms with Crippen LogP contribution in [0.2, 0.25) is 0 Å². The molecule has 1 N–H and O–H groups in total. The lowest BCUT2D eigenvalue weighted by molar-refractivity contribution is -0.140. The van der Waals surface area contributed by atoms with Gasteiger partial charge in [-0.05, 0) is 61.2 Å². The Morgan fingerprint density at radius 3 is 2.17 bits per heavy atom. The van der Waals surface area contributed by atoms with E-state index < -0.39 is 40.2 Å². The van der Waals surface area contributed by atoms with Crippen LogP contribution in [-0.4, -0.2) is 43.8 Å². The number of hydrogen-bond donors (Lipinski definition) is 1. The third kappa shape index (κ3) is 7.49. The Kier molecular flexibility index (Phi) is 10.1. The Bertz CT molecular complexity index is 1430. The minimum Gasteiger partial charge on any atom is -0.352 e. The summed E-state index contributed by atoms with van der Waals surface area (Å²) < 4.78 is 56.9. The molecule has 4 rings (SSSR count). The first kappa shape index (κ1) is 30.2. The van der Waals surface area contributed by atoms with Gasteiger partial charge in [0.1, 0.15) is 24.2 Å². The molecule has 1 saturated carbocycles. The smallest absolute Gasteiger partial charge is 0.264 e. The highest BCUT2D eigenvalue weighted by atomic mass is 32.2. The molecular formula is C31H35F2N3O4S. The maximum atomic E-state index is 15.0. The van der Waals surface area contributed by atoms with Gasteiger partial charge >= 0.3 is 0 Å². The number of hydrogen-bond acceptors (Lipinski definition) is 4. The summed E-state index contributed by atoms with van der Waals surface area (Å²) in [6.07, 6.45) is 5.09. The van der Waals surface area contributed by atoms with Crippen molar-refractivity contribution in [1.82, 2.24) is 10.2 Å². The molecule has 1 atom stereocenters. The average molecular weight is 584 g/mol. The molecule has 0 radical (unpaired) electrons. The van der Waals surface area contributed by atoms with Crippen molar-refractivity contribution in [3.8, 4) is 0 Å². The lowest BCUT2D eigenvalue weighted by Gasteiger charge is -2.34. The first-order chi connectivity index (χ1) is 19.7. The van der Waals surface area contributed by atoms with Crippen molar-refractivity contribution in [3.05, 3.63) is 96.1 Å². The van der Waals surface area contributed by atoms with Crippen LogP contribution < -0.4 is 9.62 Å². The van der Waals surface area contributed by atoms with Crippen LogP contribution in [0.5, 0.6) is 0 Å². The Hall–Kier alpha value is -3.79. The monoisotopic (exact) mass is 583 g/mol. The summed E-state index contributed by atoms with van der Waals surface area (Å²) in [7, 11) is -4.36. The van der Waals surface area contributed by atoms with Gasteiger partial charge in [-0.15, -0.1) is 0 Å². The zero-order valence-electron chi connectivity index (χ0n) is 23.0. The lowest BCUT2D eigenvalue weighted by atomic mass is 9.95. The van der Waals surface area contributed by atoms with E-state index in [1.807, 2.05) is 0 Å². The highest BCUT2D eigenvalue weighted by Crippen LogP contribution is 2.27. The minimum atomic E-state index is -4.36. The van der Waals surface area contributed by atoms with Crippen LogP contribution in [0.25, 0.3) is 0 Å². The van der Waals surface area contributed by atoms with Crippen LogP contribution in [-0.2, 0) is 26.2 Å². The molecule has 1 aliphatic carbocycles. The number of nitrogens with zero attached hydrogens (tertiary/aromatic N) is 2. The van der Waals surface area contributed by atoms with E-state index in [2.05, 4.69) is 5.32 Å². The van der Waals surface area contributed by atoms with Crippen LogP contribution in [0.1, 0.15) is 51.0 Å². The second-order valence-corrected chi connectivity index (χ2v) is 12.1. The van der Waals surface area contributed by atoms with E-state index in [0.717, 1.165) is 42.5 Å². The maximum absolute atomic E-state index is 15.0. The van der Waals surface area contributed by atoms with Gasteiger partial charge in [-0.2, -0.15) is 0 Å². The molecule has 0 bridgehead atoms. The molecule has 0 aliphatic heterocycles. The second-order valence-electron chi connectivity index (χ2n) is 10.2. The molecule has 0 heterocycles. The molecule has 1 fully saturated rings. The highest BCUT2D eigenvalue weighted by molar-refractivity contribution is 7.92. The number of benzene rings is 3. The van der Waals surface area contributed by atoms with Crippen LogP contribution in [0.4, 0.5) is 14.5 Å². The van der Waals surface area contributed by atoms with E-state index >= 15 is 4.39 Å². The summed E-state index contributed by atoms with van der Waals surface area (Å²) in [6, 6.07) is 17.4. The maximum Gasteiger partial charge on any atom is 0.264 e. The van der Waals surface area contributed by atoms with E-state index in [-0.39, 0.29) is 35.5 Å². The third-order valence-electron chi connectivity index (χ3n) is 7.33. The van der Waals surface area contributed by atoms with E-state index in [1.165, 1.54) is 71.6 Å². The predicted molar refractivity (Wildman–Crippen MR) is 153 cm³/mol. The number of nitrogens with one attached hydrogen (secondary N) is 1. The van der Waals surface area contributed by atoms with E-state index in [1.54, 1.807) is 13.0 Å². The Morgan fingerprint density at radius 1 is 0.902 bits per heavy atom. The summed E-state index contributed by atoms with van der Waals surface area (Å²) >= 11 is 0. The summed E-state index contributed by atoms with van der Waals surface area (Å²) in [5.41, 5.74) is 0.276. The first-order valence-electron chi connectivity index (χ1n) is 13.9. The number of anilines is 1. The standard InChI is InChI=1S/C31H35F2N3O4S/c1-2-28(31(38)34-25-11-5-3-6-12-25)35(21-23-17-19-24(32)20-18-23)30(37)22-36(29-16-10-9-15-27(29)33)41(39,40)26-13-7-4-8-14-26/h4,7-10,13-20,25,28H,2-3,5-6,11-12,21-22H2,1H3,(H,34,38)/t28-/m0/s1. The van der Waals surface area contributed by atoms with Gasteiger partial charge in [-0.25, -0.2) is 17.2 Å².